The summed E-state index contributed by atoms with van der Waals surface area (Å²) in [5.74, 6) is 0.658. The van der Waals surface area contributed by atoms with E-state index in [2.05, 4.69) is 0 Å². The molecule has 0 fully saturated rings. The molecule has 0 atom stereocenters. The standard InChI is InChI=1S/C19H12O4/c1-21-17-14-10-6-2-4-8-12(10)22-18(14)16(20)19-15(17)11-7-3-5-9-13(11)23-19/h2-9,20H,1H3. The van der Waals surface area contributed by atoms with Crippen LogP contribution in [0.15, 0.2) is 57.4 Å². The van der Waals surface area contributed by atoms with Gasteiger partial charge in [0, 0.05) is 10.8 Å². The Kier molecular flexibility index (Phi) is 2.26. The molecule has 0 radical (unpaired) electrons. The summed E-state index contributed by atoms with van der Waals surface area (Å²) in [6, 6.07) is 15.3. The molecule has 3 aromatic carbocycles. The van der Waals surface area contributed by atoms with E-state index < -0.39 is 0 Å². The van der Waals surface area contributed by atoms with Crippen LogP contribution in [-0.4, -0.2) is 12.2 Å². The van der Waals surface area contributed by atoms with Crippen molar-refractivity contribution in [3.05, 3.63) is 48.5 Å². The molecule has 4 nitrogen and oxygen atoms in total. The highest BCUT2D eigenvalue weighted by atomic mass is 16.5. The van der Waals surface area contributed by atoms with E-state index in [-0.39, 0.29) is 5.75 Å². The predicted octanol–water partition coefficient (Wildman–Crippen LogP) is 5.20. The summed E-state index contributed by atoms with van der Waals surface area (Å²) in [6.07, 6.45) is 0. The van der Waals surface area contributed by atoms with Crippen molar-refractivity contribution in [3.63, 3.8) is 0 Å². The highest BCUT2D eigenvalue weighted by Gasteiger charge is 2.24. The summed E-state index contributed by atoms with van der Waals surface area (Å²) in [5.41, 5.74) is 2.17. The van der Waals surface area contributed by atoms with E-state index in [1.165, 1.54) is 0 Å². The van der Waals surface area contributed by atoms with Gasteiger partial charge in [-0.25, -0.2) is 0 Å². The molecule has 0 aliphatic carbocycles. The highest BCUT2D eigenvalue weighted by Crippen LogP contribution is 2.49. The fourth-order valence-corrected chi connectivity index (χ4v) is 3.31. The van der Waals surface area contributed by atoms with E-state index in [1.807, 2.05) is 48.5 Å². The van der Waals surface area contributed by atoms with E-state index in [4.69, 9.17) is 13.6 Å². The number of hydrogen-bond donors (Lipinski definition) is 1. The summed E-state index contributed by atoms with van der Waals surface area (Å²) < 4.78 is 17.4. The molecule has 0 unspecified atom stereocenters. The molecule has 4 heteroatoms. The van der Waals surface area contributed by atoms with E-state index in [9.17, 15) is 5.11 Å². The van der Waals surface area contributed by atoms with Gasteiger partial charge in [-0.2, -0.15) is 0 Å². The zero-order valence-electron chi connectivity index (χ0n) is 12.3. The first-order chi connectivity index (χ1) is 11.3. The topological polar surface area (TPSA) is 55.7 Å². The number of fused-ring (bicyclic) bond motifs is 6. The molecule has 1 N–H and O–H groups in total. The van der Waals surface area contributed by atoms with Crippen molar-refractivity contribution in [3.8, 4) is 11.5 Å². The molecule has 0 bridgehead atoms. The van der Waals surface area contributed by atoms with Crippen LogP contribution in [0.2, 0.25) is 0 Å². The molecule has 2 heterocycles. The summed E-state index contributed by atoms with van der Waals surface area (Å²) in [5, 5.41) is 14.0. The van der Waals surface area contributed by atoms with Gasteiger partial charge < -0.3 is 18.7 Å². The molecule has 0 saturated carbocycles. The van der Waals surface area contributed by atoms with Gasteiger partial charge in [0.25, 0.3) is 0 Å². The molecule has 0 aliphatic heterocycles. The van der Waals surface area contributed by atoms with Crippen molar-refractivity contribution in [1.29, 1.82) is 0 Å². The Labute approximate surface area is 130 Å². The number of benzene rings is 3. The fraction of sp³-hybridized carbons (Fsp3) is 0.0526. The number of aromatic hydroxyl groups is 1. The van der Waals surface area contributed by atoms with Crippen LogP contribution in [0.25, 0.3) is 43.9 Å². The van der Waals surface area contributed by atoms with Crippen molar-refractivity contribution in [2.45, 2.75) is 0 Å². The van der Waals surface area contributed by atoms with Crippen LogP contribution in [0.3, 0.4) is 0 Å². The van der Waals surface area contributed by atoms with Crippen molar-refractivity contribution in [2.24, 2.45) is 0 Å². The quantitative estimate of drug-likeness (QED) is 0.462. The highest BCUT2D eigenvalue weighted by molar-refractivity contribution is 6.23. The third-order valence-electron chi connectivity index (χ3n) is 4.28. The minimum absolute atomic E-state index is 0.00296. The first-order valence-electron chi connectivity index (χ1n) is 7.31. The van der Waals surface area contributed by atoms with Gasteiger partial charge in [-0.05, 0) is 12.1 Å². The number of ether oxygens (including phenoxy) is 1. The van der Waals surface area contributed by atoms with E-state index >= 15 is 0 Å². The van der Waals surface area contributed by atoms with E-state index in [1.54, 1.807) is 7.11 Å². The summed E-state index contributed by atoms with van der Waals surface area (Å²) >= 11 is 0. The Morgan fingerprint density at radius 2 is 1.26 bits per heavy atom. The summed E-state index contributed by atoms with van der Waals surface area (Å²) in [6.45, 7) is 0. The maximum Gasteiger partial charge on any atom is 0.203 e. The summed E-state index contributed by atoms with van der Waals surface area (Å²) in [7, 11) is 1.62. The number of methoxy groups -OCH3 is 1. The molecule has 112 valence electrons. The van der Waals surface area contributed by atoms with Gasteiger partial charge in [-0.1, -0.05) is 36.4 Å². The van der Waals surface area contributed by atoms with Crippen molar-refractivity contribution in [1.82, 2.24) is 0 Å². The second-order valence-electron chi connectivity index (χ2n) is 5.49. The van der Waals surface area contributed by atoms with Crippen molar-refractivity contribution in [2.75, 3.05) is 7.11 Å². The van der Waals surface area contributed by atoms with E-state index in [0.717, 1.165) is 21.5 Å². The first-order valence-corrected chi connectivity index (χ1v) is 7.31. The Morgan fingerprint density at radius 3 is 1.74 bits per heavy atom. The molecular weight excluding hydrogens is 292 g/mol. The van der Waals surface area contributed by atoms with Gasteiger partial charge in [0.2, 0.25) is 5.75 Å². The number of para-hydroxylation sites is 2. The third kappa shape index (κ3) is 1.45. The number of hydrogen-bond acceptors (Lipinski definition) is 4. The minimum Gasteiger partial charge on any atom is -0.502 e. The van der Waals surface area contributed by atoms with Gasteiger partial charge in [-0.3, -0.25) is 0 Å². The van der Waals surface area contributed by atoms with Crippen LogP contribution in [-0.2, 0) is 0 Å². The van der Waals surface area contributed by atoms with E-state index in [0.29, 0.717) is 28.1 Å². The lowest BCUT2D eigenvalue weighted by Gasteiger charge is -2.05. The number of phenolic OH excluding ortho intramolecular Hbond substituents is 1. The average molecular weight is 304 g/mol. The Bertz CT molecular complexity index is 1120. The third-order valence-corrected chi connectivity index (χ3v) is 4.28. The maximum atomic E-state index is 10.7. The van der Waals surface area contributed by atoms with Crippen LogP contribution >= 0.6 is 0 Å². The van der Waals surface area contributed by atoms with Gasteiger partial charge in [0.05, 0.1) is 17.9 Å². The molecule has 0 saturated heterocycles. The Balaban J connectivity index is 2.16. The SMILES string of the molecule is COc1c2c(oc3ccccc32)c(O)c2oc3ccccc3c12. The Morgan fingerprint density at radius 1 is 0.783 bits per heavy atom. The Hall–Kier alpha value is -3.14. The largest absolute Gasteiger partial charge is 0.502 e. The van der Waals surface area contributed by atoms with Gasteiger partial charge in [-0.15, -0.1) is 0 Å². The average Bonchev–Trinajstić information content (AvgIpc) is 3.15. The van der Waals surface area contributed by atoms with Crippen LogP contribution in [0.4, 0.5) is 0 Å². The number of phenols is 1. The first kappa shape index (κ1) is 12.4. The summed E-state index contributed by atoms with van der Waals surface area (Å²) in [4.78, 5) is 0. The normalized spacial score (nSPS) is 11.9. The lowest BCUT2D eigenvalue weighted by molar-refractivity contribution is 0.422. The molecule has 5 aromatic rings. The minimum atomic E-state index is 0.00296. The zero-order valence-corrected chi connectivity index (χ0v) is 12.3. The zero-order chi connectivity index (χ0) is 15.6. The van der Waals surface area contributed by atoms with Crippen LogP contribution in [0.5, 0.6) is 11.5 Å². The molecule has 0 spiro atoms. The molecule has 5 rings (SSSR count). The lowest BCUT2D eigenvalue weighted by atomic mass is 10.1. The predicted molar refractivity (Wildman–Crippen MR) is 89.2 cm³/mol. The number of rotatable bonds is 1. The smallest absolute Gasteiger partial charge is 0.203 e. The second-order valence-corrected chi connectivity index (χ2v) is 5.49. The fourth-order valence-electron chi connectivity index (χ4n) is 3.31. The van der Waals surface area contributed by atoms with Gasteiger partial charge >= 0.3 is 0 Å². The lowest BCUT2D eigenvalue weighted by Crippen LogP contribution is -1.85. The molecular formula is C19H12O4. The number of furan rings is 2. The van der Waals surface area contributed by atoms with Crippen molar-refractivity contribution < 1.29 is 18.7 Å². The monoisotopic (exact) mass is 304 g/mol. The van der Waals surface area contributed by atoms with Crippen LogP contribution in [0.1, 0.15) is 0 Å². The van der Waals surface area contributed by atoms with Crippen molar-refractivity contribution >= 4 is 43.9 Å². The molecule has 0 aliphatic rings. The second kappa shape index (κ2) is 4.20. The molecule has 0 amide bonds. The maximum absolute atomic E-state index is 10.7. The van der Waals surface area contributed by atoms with Crippen LogP contribution < -0.4 is 4.74 Å². The van der Waals surface area contributed by atoms with Gasteiger partial charge in [0.15, 0.2) is 11.2 Å². The van der Waals surface area contributed by atoms with Crippen LogP contribution in [0, 0.1) is 0 Å². The van der Waals surface area contributed by atoms with Gasteiger partial charge in [0.1, 0.15) is 16.9 Å². The molecule has 23 heavy (non-hydrogen) atoms. The molecule has 2 aromatic heterocycles.